The maximum Gasteiger partial charge on any atom is 0.256 e. The summed E-state index contributed by atoms with van der Waals surface area (Å²) in [6.07, 6.45) is 0.783. The number of aryl methyl sites for hydroxylation is 1. The molecule has 0 spiro atoms. The van der Waals surface area contributed by atoms with Crippen molar-refractivity contribution in [2.45, 2.75) is 20.3 Å². The maximum absolute atomic E-state index is 13.0. The summed E-state index contributed by atoms with van der Waals surface area (Å²) in [5.41, 5.74) is 4.03. The van der Waals surface area contributed by atoms with E-state index in [2.05, 4.69) is 10.3 Å². The number of anilines is 1. The summed E-state index contributed by atoms with van der Waals surface area (Å²) in [5, 5.41) is 3.83. The Bertz CT molecular complexity index is 903. The van der Waals surface area contributed by atoms with Gasteiger partial charge >= 0.3 is 0 Å². The molecule has 3 rings (SSSR count). The van der Waals surface area contributed by atoms with Gasteiger partial charge in [-0.3, -0.25) is 9.78 Å². The second kappa shape index (κ2) is 6.71. The van der Waals surface area contributed by atoms with Gasteiger partial charge in [0.05, 0.1) is 23.9 Å². The number of para-hydroxylation sites is 3. The van der Waals surface area contributed by atoms with Crippen molar-refractivity contribution in [1.82, 2.24) is 4.98 Å². The van der Waals surface area contributed by atoms with Gasteiger partial charge in [-0.25, -0.2) is 0 Å². The lowest BCUT2D eigenvalue weighted by atomic mass is 9.99. The first-order valence-corrected chi connectivity index (χ1v) is 7.98. The molecule has 0 saturated carbocycles. The molecular formula is C20H20N2O2. The predicted octanol–water partition coefficient (Wildman–Crippen LogP) is 4.37. The second-order valence-electron chi connectivity index (χ2n) is 5.58. The summed E-state index contributed by atoms with van der Waals surface area (Å²) >= 11 is 0. The van der Waals surface area contributed by atoms with Crippen LogP contribution in [0, 0.1) is 6.92 Å². The van der Waals surface area contributed by atoms with Crippen LogP contribution in [0.25, 0.3) is 10.9 Å². The van der Waals surface area contributed by atoms with Crippen LogP contribution in [0.1, 0.15) is 28.5 Å². The standard InChI is InChI=1S/C20H20N2O2/c1-4-15-13(2)19(14-9-5-6-10-16(14)21-15)20(23)22-17-11-7-8-12-18(17)24-3/h5-12H,4H2,1-3H3,(H,22,23). The Hall–Kier alpha value is -2.88. The van der Waals surface area contributed by atoms with Gasteiger partial charge in [0.15, 0.2) is 0 Å². The van der Waals surface area contributed by atoms with E-state index >= 15 is 0 Å². The highest BCUT2D eigenvalue weighted by molar-refractivity contribution is 6.14. The van der Waals surface area contributed by atoms with Crippen LogP contribution in [0.3, 0.4) is 0 Å². The van der Waals surface area contributed by atoms with Gasteiger partial charge in [0.1, 0.15) is 5.75 Å². The molecular weight excluding hydrogens is 300 g/mol. The molecule has 24 heavy (non-hydrogen) atoms. The predicted molar refractivity (Wildman–Crippen MR) is 96.8 cm³/mol. The molecule has 0 bridgehead atoms. The lowest BCUT2D eigenvalue weighted by Gasteiger charge is -2.15. The first kappa shape index (κ1) is 16.0. The highest BCUT2D eigenvalue weighted by atomic mass is 16.5. The minimum absolute atomic E-state index is 0.148. The highest BCUT2D eigenvalue weighted by Crippen LogP contribution is 2.27. The van der Waals surface area contributed by atoms with Crippen LogP contribution in [0.2, 0.25) is 0 Å². The van der Waals surface area contributed by atoms with E-state index in [4.69, 9.17) is 4.74 Å². The molecule has 0 atom stereocenters. The third-order valence-corrected chi connectivity index (χ3v) is 4.15. The van der Waals surface area contributed by atoms with Gasteiger partial charge in [-0.1, -0.05) is 37.3 Å². The van der Waals surface area contributed by atoms with E-state index in [1.165, 1.54) is 0 Å². The van der Waals surface area contributed by atoms with Crippen molar-refractivity contribution in [2.75, 3.05) is 12.4 Å². The molecule has 0 saturated heterocycles. The van der Waals surface area contributed by atoms with Crippen LogP contribution in [-0.4, -0.2) is 18.0 Å². The zero-order valence-corrected chi connectivity index (χ0v) is 14.1. The molecule has 122 valence electrons. The van der Waals surface area contributed by atoms with Gasteiger partial charge in [0.25, 0.3) is 5.91 Å². The van der Waals surface area contributed by atoms with Crippen molar-refractivity contribution in [3.8, 4) is 5.75 Å². The van der Waals surface area contributed by atoms with Crippen molar-refractivity contribution in [1.29, 1.82) is 0 Å². The Morgan fingerprint density at radius 1 is 1.12 bits per heavy atom. The minimum Gasteiger partial charge on any atom is -0.495 e. The number of nitrogens with zero attached hydrogens (tertiary/aromatic N) is 1. The molecule has 0 fully saturated rings. The summed E-state index contributed by atoms with van der Waals surface area (Å²) in [7, 11) is 1.59. The lowest BCUT2D eigenvalue weighted by molar-refractivity contribution is 0.102. The molecule has 0 radical (unpaired) electrons. The number of aromatic nitrogens is 1. The monoisotopic (exact) mass is 320 g/mol. The second-order valence-corrected chi connectivity index (χ2v) is 5.58. The van der Waals surface area contributed by atoms with Gasteiger partial charge in [0, 0.05) is 11.1 Å². The van der Waals surface area contributed by atoms with Crippen molar-refractivity contribution < 1.29 is 9.53 Å². The van der Waals surface area contributed by atoms with Gasteiger partial charge in [0.2, 0.25) is 0 Å². The molecule has 0 unspecified atom stereocenters. The summed E-state index contributed by atoms with van der Waals surface area (Å²) in [4.78, 5) is 17.7. The van der Waals surface area contributed by atoms with Crippen LogP contribution in [-0.2, 0) is 6.42 Å². The number of hydrogen-bond acceptors (Lipinski definition) is 3. The van der Waals surface area contributed by atoms with Crippen LogP contribution < -0.4 is 10.1 Å². The SMILES string of the molecule is CCc1nc2ccccc2c(C(=O)Nc2ccccc2OC)c1C. The van der Waals surface area contributed by atoms with E-state index in [0.29, 0.717) is 17.0 Å². The third-order valence-electron chi connectivity index (χ3n) is 4.15. The molecule has 0 aliphatic heterocycles. The van der Waals surface area contributed by atoms with Crippen LogP contribution in [0.4, 0.5) is 5.69 Å². The Kier molecular flexibility index (Phi) is 4.47. The summed E-state index contributed by atoms with van der Waals surface area (Å²) in [6.45, 7) is 4.00. The van der Waals surface area contributed by atoms with E-state index in [0.717, 1.165) is 28.6 Å². The lowest BCUT2D eigenvalue weighted by Crippen LogP contribution is -2.16. The van der Waals surface area contributed by atoms with Crippen LogP contribution in [0.5, 0.6) is 5.75 Å². The van der Waals surface area contributed by atoms with E-state index < -0.39 is 0 Å². The Morgan fingerprint density at radius 3 is 2.58 bits per heavy atom. The molecule has 1 heterocycles. The van der Waals surface area contributed by atoms with Crippen molar-refractivity contribution in [2.24, 2.45) is 0 Å². The fourth-order valence-corrected chi connectivity index (χ4v) is 2.93. The number of hydrogen-bond donors (Lipinski definition) is 1. The third kappa shape index (κ3) is 2.83. The van der Waals surface area contributed by atoms with Crippen LogP contribution in [0.15, 0.2) is 48.5 Å². The van der Waals surface area contributed by atoms with Gasteiger partial charge < -0.3 is 10.1 Å². The van der Waals surface area contributed by atoms with Crippen molar-refractivity contribution in [3.63, 3.8) is 0 Å². The molecule has 0 aliphatic rings. The highest BCUT2D eigenvalue weighted by Gasteiger charge is 2.18. The number of methoxy groups -OCH3 is 1. The Balaban J connectivity index is 2.11. The number of carbonyl (C=O) groups excluding carboxylic acids is 1. The minimum atomic E-state index is -0.148. The average Bonchev–Trinajstić information content (AvgIpc) is 2.61. The number of pyridine rings is 1. The fraction of sp³-hybridized carbons (Fsp3) is 0.200. The molecule has 0 aliphatic carbocycles. The molecule has 2 aromatic carbocycles. The summed E-state index contributed by atoms with van der Waals surface area (Å²) in [6, 6.07) is 15.1. The van der Waals surface area contributed by atoms with E-state index in [9.17, 15) is 4.79 Å². The number of amides is 1. The zero-order valence-electron chi connectivity index (χ0n) is 14.1. The molecule has 1 amide bonds. The van der Waals surface area contributed by atoms with E-state index in [1.807, 2.05) is 62.4 Å². The van der Waals surface area contributed by atoms with Crippen molar-refractivity contribution in [3.05, 3.63) is 65.4 Å². The van der Waals surface area contributed by atoms with Crippen LogP contribution >= 0.6 is 0 Å². The number of benzene rings is 2. The number of ether oxygens (including phenoxy) is 1. The normalized spacial score (nSPS) is 10.6. The molecule has 4 nitrogen and oxygen atoms in total. The zero-order chi connectivity index (χ0) is 17.1. The molecule has 3 aromatic rings. The average molecular weight is 320 g/mol. The quantitative estimate of drug-likeness (QED) is 0.777. The first-order valence-electron chi connectivity index (χ1n) is 7.98. The number of fused-ring (bicyclic) bond motifs is 1. The largest absolute Gasteiger partial charge is 0.495 e. The maximum atomic E-state index is 13.0. The van der Waals surface area contributed by atoms with E-state index in [1.54, 1.807) is 7.11 Å². The topological polar surface area (TPSA) is 51.2 Å². The Morgan fingerprint density at radius 2 is 1.83 bits per heavy atom. The molecule has 1 aromatic heterocycles. The van der Waals surface area contributed by atoms with Gasteiger partial charge in [-0.05, 0) is 37.1 Å². The molecule has 4 heteroatoms. The smallest absolute Gasteiger partial charge is 0.256 e. The number of carbonyl (C=O) groups is 1. The fourth-order valence-electron chi connectivity index (χ4n) is 2.93. The van der Waals surface area contributed by atoms with E-state index in [-0.39, 0.29) is 5.91 Å². The van der Waals surface area contributed by atoms with Gasteiger partial charge in [-0.15, -0.1) is 0 Å². The number of nitrogens with one attached hydrogen (secondary N) is 1. The molecule has 1 N–H and O–H groups in total. The summed E-state index contributed by atoms with van der Waals surface area (Å²) < 4.78 is 5.32. The summed E-state index contributed by atoms with van der Waals surface area (Å²) in [5.74, 6) is 0.489. The van der Waals surface area contributed by atoms with Crippen molar-refractivity contribution >= 4 is 22.5 Å². The van der Waals surface area contributed by atoms with Gasteiger partial charge in [-0.2, -0.15) is 0 Å². The first-order chi connectivity index (χ1) is 11.7. The number of rotatable bonds is 4. The Labute approximate surface area is 141 Å².